The first-order chi connectivity index (χ1) is 18.1. The van der Waals surface area contributed by atoms with Crippen LogP contribution < -0.4 is 16.5 Å². The average molecular weight is 595 g/mol. The van der Waals surface area contributed by atoms with Crippen LogP contribution in [0.2, 0.25) is 0 Å². The van der Waals surface area contributed by atoms with Gasteiger partial charge in [-0.05, 0) is 40.7 Å². The summed E-state index contributed by atoms with van der Waals surface area (Å²) in [6.45, 7) is 8.65. The van der Waals surface area contributed by atoms with Crippen LogP contribution in [-0.4, -0.2) is 80.8 Å². The molecule has 0 bridgehead atoms. The maximum absolute atomic E-state index is 13.6. The molecule has 1 aliphatic rings. The summed E-state index contributed by atoms with van der Waals surface area (Å²) in [4.78, 5) is 40.5. The standard InChI is InChI=1S/C23H39N4O10PS/c1-13(2)36-20(30)15(4)26-38(33,34-9-10-39-21(31)23(5,6)12-28)35-11-16-18(29)14(3)19(37-16)27-8-7-17(24)25-22(27)32/h7-8,13-16,18-19,28-29H,9-12H2,1-6H3,(H,26,33)(H2,24,25,32)/t14-,15?,16+,18-,19+,38?/m0/s1. The zero-order chi connectivity index (χ0) is 29.5. The lowest BCUT2D eigenvalue weighted by molar-refractivity contribution is -0.149. The number of hydrogen-bond donors (Lipinski definition) is 4. The van der Waals surface area contributed by atoms with Gasteiger partial charge in [-0.2, -0.15) is 4.98 Å². The maximum Gasteiger partial charge on any atom is 0.406 e. The number of aliphatic hydroxyl groups excluding tert-OH is 2. The van der Waals surface area contributed by atoms with Gasteiger partial charge < -0.3 is 25.4 Å². The number of thioether (sulfide) groups is 1. The van der Waals surface area contributed by atoms with E-state index in [4.69, 9.17) is 24.3 Å². The summed E-state index contributed by atoms with van der Waals surface area (Å²) in [6, 6.07) is 0.336. The van der Waals surface area contributed by atoms with Gasteiger partial charge in [-0.25, -0.2) is 14.4 Å². The molecule has 222 valence electrons. The zero-order valence-electron chi connectivity index (χ0n) is 22.9. The van der Waals surface area contributed by atoms with Gasteiger partial charge in [-0.1, -0.05) is 18.7 Å². The van der Waals surface area contributed by atoms with Crippen LogP contribution in [0, 0.1) is 11.3 Å². The van der Waals surface area contributed by atoms with E-state index >= 15 is 0 Å². The lowest BCUT2D eigenvalue weighted by atomic mass is 9.97. The van der Waals surface area contributed by atoms with Gasteiger partial charge in [-0.3, -0.25) is 23.2 Å². The molecule has 39 heavy (non-hydrogen) atoms. The number of aromatic nitrogens is 2. The van der Waals surface area contributed by atoms with Crippen molar-refractivity contribution < 1.29 is 42.9 Å². The minimum absolute atomic E-state index is 0.0383. The highest BCUT2D eigenvalue weighted by molar-refractivity contribution is 8.13. The second-order valence-corrected chi connectivity index (χ2v) is 12.9. The van der Waals surface area contributed by atoms with E-state index in [2.05, 4.69) is 10.1 Å². The first kappa shape index (κ1) is 33.4. The Bertz CT molecular complexity index is 1100. The van der Waals surface area contributed by atoms with Crippen LogP contribution in [0.15, 0.2) is 17.1 Å². The third kappa shape index (κ3) is 9.35. The number of carbonyl (C=O) groups is 2. The number of anilines is 1. The van der Waals surface area contributed by atoms with E-state index in [1.54, 1.807) is 34.6 Å². The maximum atomic E-state index is 13.6. The Balaban J connectivity index is 2.10. The van der Waals surface area contributed by atoms with E-state index in [1.165, 1.54) is 23.8 Å². The van der Waals surface area contributed by atoms with Crippen molar-refractivity contribution in [3.05, 3.63) is 22.7 Å². The first-order valence-electron chi connectivity index (χ1n) is 12.4. The topological polar surface area (TPSA) is 202 Å². The first-order valence-corrected chi connectivity index (χ1v) is 15.0. The zero-order valence-corrected chi connectivity index (χ0v) is 24.6. The van der Waals surface area contributed by atoms with Crippen LogP contribution in [0.25, 0.3) is 0 Å². The Kier molecular flexibility index (Phi) is 12.1. The Morgan fingerprint density at radius 3 is 2.59 bits per heavy atom. The van der Waals surface area contributed by atoms with E-state index in [-0.39, 0.29) is 29.9 Å². The SMILES string of the molecule is CC(C)OC(=O)C(C)NP(=O)(OCCSC(=O)C(C)(C)CO)OC[C@H]1O[C@@H](n2ccc(N)nc2=O)[C@@H](C)[C@@H]1O. The van der Waals surface area contributed by atoms with E-state index in [9.17, 15) is 29.2 Å². The molecule has 16 heteroatoms. The number of ether oxygens (including phenoxy) is 2. The summed E-state index contributed by atoms with van der Waals surface area (Å²) in [7, 11) is -4.20. The lowest BCUT2D eigenvalue weighted by Gasteiger charge is -2.25. The molecule has 14 nitrogen and oxygen atoms in total. The summed E-state index contributed by atoms with van der Waals surface area (Å²) in [5.74, 6) is -1.12. The Morgan fingerprint density at radius 1 is 1.33 bits per heavy atom. The van der Waals surface area contributed by atoms with Gasteiger partial charge in [0.05, 0.1) is 37.4 Å². The van der Waals surface area contributed by atoms with Crippen molar-refractivity contribution in [3.63, 3.8) is 0 Å². The number of rotatable bonds is 14. The molecule has 0 aromatic carbocycles. The number of nitrogens with zero attached hydrogens (tertiary/aromatic N) is 2. The van der Waals surface area contributed by atoms with Crippen molar-refractivity contribution in [3.8, 4) is 0 Å². The second-order valence-electron chi connectivity index (χ2n) is 10.1. The molecule has 1 aromatic heterocycles. The van der Waals surface area contributed by atoms with Crippen molar-refractivity contribution in [2.45, 2.75) is 72.1 Å². The minimum atomic E-state index is -4.20. The molecule has 0 saturated carbocycles. The number of nitrogens with one attached hydrogen (secondary N) is 1. The molecule has 1 saturated heterocycles. The highest BCUT2D eigenvalue weighted by atomic mass is 32.2. The second kappa shape index (κ2) is 14.2. The molecule has 1 aromatic rings. The quantitative estimate of drug-likeness (QED) is 0.135. The number of esters is 1. The molecular formula is C23H39N4O10PS. The predicted molar refractivity (Wildman–Crippen MR) is 144 cm³/mol. The van der Waals surface area contributed by atoms with Crippen LogP contribution in [-0.2, 0) is 32.7 Å². The van der Waals surface area contributed by atoms with Gasteiger partial charge in [0.15, 0.2) is 5.12 Å². The largest absolute Gasteiger partial charge is 0.462 e. The van der Waals surface area contributed by atoms with Crippen LogP contribution >= 0.6 is 19.5 Å². The van der Waals surface area contributed by atoms with E-state index in [0.29, 0.717) is 0 Å². The smallest absolute Gasteiger partial charge is 0.406 e. The molecule has 1 fully saturated rings. The fourth-order valence-corrected chi connectivity index (χ4v) is 5.84. The summed E-state index contributed by atoms with van der Waals surface area (Å²) in [5, 5.41) is 22.3. The minimum Gasteiger partial charge on any atom is -0.462 e. The van der Waals surface area contributed by atoms with Crippen molar-refractivity contribution in [1.29, 1.82) is 0 Å². The molecule has 2 heterocycles. The highest BCUT2D eigenvalue weighted by Gasteiger charge is 2.44. The molecule has 2 rings (SSSR count). The molecule has 5 N–H and O–H groups in total. The predicted octanol–water partition coefficient (Wildman–Crippen LogP) is 1.07. The number of hydrogen-bond acceptors (Lipinski definition) is 13. The molecule has 2 unspecified atom stereocenters. The molecule has 1 aliphatic heterocycles. The van der Waals surface area contributed by atoms with Gasteiger partial charge in [0.25, 0.3) is 0 Å². The third-order valence-corrected chi connectivity index (χ3v) is 8.70. The van der Waals surface area contributed by atoms with Crippen molar-refractivity contribution in [1.82, 2.24) is 14.6 Å². The van der Waals surface area contributed by atoms with Gasteiger partial charge in [-0.15, -0.1) is 0 Å². The van der Waals surface area contributed by atoms with Crippen LogP contribution in [0.1, 0.15) is 47.8 Å². The number of aliphatic hydroxyl groups is 2. The fraction of sp³-hybridized carbons (Fsp3) is 0.739. The van der Waals surface area contributed by atoms with Gasteiger partial charge in [0.1, 0.15) is 24.2 Å². The number of carbonyl (C=O) groups excluding carboxylic acids is 2. The number of nitrogens with two attached hydrogens (primary N) is 1. The molecule has 0 spiro atoms. The fourth-order valence-electron chi connectivity index (χ4n) is 3.43. The van der Waals surface area contributed by atoms with E-state index in [1.807, 2.05) is 0 Å². The summed E-state index contributed by atoms with van der Waals surface area (Å²) in [5.41, 5.74) is 3.93. The van der Waals surface area contributed by atoms with Gasteiger partial charge in [0, 0.05) is 17.9 Å². The lowest BCUT2D eigenvalue weighted by Crippen LogP contribution is -2.37. The average Bonchev–Trinajstić information content (AvgIpc) is 3.13. The summed E-state index contributed by atoms with van der Waals surface area (Å²) < 4.78 is 36.8. The summed E-state index contributed by atoms with van der Waals surface area (Å²) in [6.07, 6.45) is -2.01. The number of nitrogen functional groups attached to an aromatic ring is 1. The van der Waals surface area contributed by atoms with Gasteiger partial charge in [0.2, 0.25) is 0 Å². The molecule has 6 atom stereocenters. The molecule has 0 amide bonds. The van der Waals surface area contributed by atoms with Gasteiger partial charge >= 0.3 is 19.4 Å². The van der Waals surface area contributed by atoms with Crippen molar-refractivity contribution in [2.75, 3.05) is 31.3 Å². The molecule has 0 aliphatic carbocycles. The Hall–Kier alpha value is -1.84. The summed E-state index contributed by atoms with van der Waals surface area (Å²) >= 11 is 0.895. The van der Waals surface area contributed by atoms with Crippen LogP contribution in [0.3, 0.4) is 0 Å². The van der Waals surface area contributed by atoms with E-state index < -0.39 is 67.9 Å². The van der Waals surface area contributed by atoms with Crippen LogP contribution in [0.5, 0.6) is 0 Å². The Morgan fingerprint density at radius 2 is 2.00 bits per heavy atom. The monoisotopic (exact) mass is 594 g/mol. The molecular weight excluding hydrogens is 555 g/mol. The van der Waals surface area contributed by atoms with Crippen molar-refractivity contribution in [2.24, 2.45) is 11.3 Å². The highest BCUT2D eigenvalue weighted by Crippen LogP contribution is 2.46. The third-order valence-electron chi connectivity index (χ3n) is 5.80. The molecule has 0 radical (unpaired) electrons. The van der Waals surface area contributed by atoms with Crippen LogP contribution in [0.4, 0.5) is 5.82 Å². The van der Waals surface area contributed by atoms with Crippen molar-refractivity contribution >= 4 is 36.4 Å². The van der Waals surface area contributed by atoms with E-state index in [0.717, 1.165) is 11.8 Å². The Labute approximate surface area is 231 Å². The normalized spacial score (nSPS) is 23.9.